The van der Waals surface area contributed by atoms with E-state index in [9.17, 15) is 0 Å². The van der Waals surface area contributed by atoms with E-state index in [1.54, 1.807) is 4.16 Å². The predicted molar refractivity (Wildman–Crippen MR) is 52.8 cm³/mol. The van der Waals surface area contributed by atoms with Crippen LogP contribution < -0.4 is 4.16 Å². The molecule has 0 radical (unpaired) electrons. The van der Waals surface area contributed by atoms with Gasteiger partial charge in [-0.05, 0) is 0 Å². The molecule has 0 atom stereocenters. The van der Waals surface area contributed by atoms with E-state index < -0.39 is 0 Å². The van der Waals surface area contributed by atoms with Gasteiger partial charge in [-0.3, -0.25) is 0 Å². The van der Waals surface area contributed by atoms with Crippen LogP contribution in [0.3, 0.4) is 0 Å². The molecule has 3 heteroatoms. The standard InChI is InChI=1S/C6H4I.HI.Zn/c7-6-4-2-1-3-5-6;;/h2-5H;1H;/q;;+1/p-1. The second-order valence-electron chi connectivity index (χ2n) is 1.76. The van der Waals surface area contributed by atoms with Crippen molar-refractivity contribution in [2.75, 3.05) is 0 Å². The Hall–Kier alpha value is 1.30. The van der Waals surface area contributed by atoms with Gasteiger partial charge in [-0.1, -0.05) is 0 Å². The molecular formula is C6H4I2Zn. The molecule has 9 heavy (non-hydrogen) atoms. The molecule has 0 fully saturated rings. The molecule has 0 spiro atoms. The Morgan fingerprint density at radius 3 is 2.11 bits per heavy atom. The zero-order chi connectivity index (χ0) is 6.69. The summed E-state index contributed by atoms with van der Waals surface area (Å²) in [4.78, 5) is 0. The third-order valence-electron chi connectivity index (χ3n) is 1.07. The van der Waals surface area contributed by atoms with E-state index in [1.165, 1.54) is 3.57 Å². The van der Waals surface area contributed by atoms with Crippen LogP contribution in [0.4, 0.5) is 0 Å². The third-order valence-corrected chi connectivity index (χ3v) is 8.00. The topological polar surface area (TPSA) is 0 Å². The van der Waals surface area contributed by atoms with Crippen LogP contribution in [0, 0.1) is 3.57 Å². The molecule has 1 aromatic carbocycles. The molecule has 44 valence electrons. The van der Waals surface area contributed by atoms with Crippen molar-refractivity contribution in [2.45, 2.75) is 0 Å². The van der Waals surface area contributed by atoms with Crippen LogP contribution in [0.15, 0.2) is 24.3 Å². The minimum absolute atomic E-state index is 0.330. The summed E-state index contributed by atoms with van der Waals surface area (Å²) < 4.78 is 2.92. The van der Waals surface area contributed by atoms with Crippen LogP contribution in [0.25, 0.3) is 0 Å². The molecule has 0 nitrogen and oxygen atoms in total. The first kappa shape index (κ1) is 8.40. The summed E-state index contributed by atoms with van der Waals surface area (Å²) in [7, 11) is 0. The van der Waals surface area contributed by atoms with E-state index >= 15 is 0 Å². The van der Waals surface area contributed by atoms with Crippen molar-refractivity contribution in [3.8, 4) is 0 Å². The van der Waals surface area contributed by atoms with Gasteiger partial charge < -0.3 is 0 Å². The number of hydrogen-bond donors (Lipinski definition) is 0. The SMILES string of the molecule is [I][Zn][c]1ccc(I)cc1. The van der Waals surface area contributed by atoms with E-state index in [2.05, 4.69) is 66.6 Å². The molecule has 0 amide bonds. The van der Waals surface area contributed by atoms with Gasteiger partial charge in [-0.15, -0.1) is 0 Å². The predicted octanol–water partition coefficient (Wildman–Crippen LogP) is 2.35. The van der Waals surface area contributed by atoms with Crippen LogP contribution in [-0.4, -0.2) is 0 Å². The molecule has 0 N–H and O–H groups in total. The number of halogens is 2. The van der Waals surface area contributed by atoms with Crippen LogP contribution in [0.1, 0.15) is 0 Å². The van der Waals surface area contributed by atoms with Gasteiger partial charge in [-0.25, -0.2) is 0 Å². The second kappa shape index (κ2) is 4.24. The monoisotopic (exact) mass is 394 g/mol. The second-order valence-corrected chi connectivity index (χ2v) is 9.24. The fourth-order valence-electron chi connectivity index (χ4n) is 0.573. The molecule has 0 saturated heterocycles. The van der Waals surface area contributed by atoms with Crippen LogP contribution in [0.5, 0.6) is 0 Å². The molecule has 0 saturated carbocycles. The fourth-order valence-corrected chi connectivity index (χ4v) is 4.44. The molecule has 1 aromatic rings. The Bertz CT molecular complexity index is 183. The van der Waals surface area contributed by atoms with Crippen molar-refractivity contribution in [1.29, 1.82) is 0 Å². The quantitative estimate of drug-likeness (QED) is 0.506. The fraction of sp³-hybridized carbons (Fsp3) is 0. The first-order chi connectivity index (χ1) is 4.33. The van der Waals surface area contributed by atoms with Gasteiger partial charge in [0.05, 0.1) is 0 Å². The Kier molecular flexibility index (Phi) is 3.96. The number of hydrogen-bond acceptors (Lipinski definition) is 0. The van der Waals surface area contributed by atoms with E-state index in [-0.39, 0.29) is 13.6 Å². The van der Waals surface area contributed by atoms with Gasteiger partial charge in [0.25, 0.3) is 0 Å². The zero-order valence-corrected chi connectivity index (χ0v) is 12.1. The van der Waals surface area contributed by atoms with Crippen molar-refractivity contribution in [1.82, 2.24) is 0 Å². The van der Waals surface area contributed by atoms with E-state index in [0.29, 0.717) is 0 Å². The van der Waals surface area contributed by atoms with Crippen LogP contribution in [0.2, 0.25) is 0 Å². The Morgan fingerprint density at radius 1 is 1.11 bits per heavy atom. The molecule has 1 rings (SSSR count). The summed E-state index contributed by atoms with van der Waals surface area (Å²) in [5, 5.41) is 0. The third kappa shape index (κ3) is 2.80. The zero-order valence-electron chi connectivity index (χ0n) is 4.77. The van der Waals surface area contributed by atoms with E-state index in [4.69, 9.17) is 0 Å². The Morgan fingerprint density at radius 2 is 1.67 bits per heavy atom. The van der Waals surface area contributed by atoms with Gasteiger partial charge in [0.1, 0.15) is 0 Å². The van der Waals surface area contributed by atoms with Gasteiger partial charge in [0, 0.05) is 0 Å². The molecule has 0 aliphatic carbocycles. The van der Waals surface area contributed by atoms with Crippen LogP contribution >= 0.6 is 42.3 Å². The maximum atomic E-state index is 2.55. The Balaban J connectivity index is 2.88. The van der Waals surface area contributed by atoms with Crippen molar-refractivity contribution >= 4 is 46.5 Å². The van der Waals surface area contributed by atoms with Crippen molar-refractivity contribution < 1.29 is 13.6 Å². The van der Waals surface area contributed by atoms with Crippen molar-refractivity contribution in [3.63, 3.8) is 0 Å². The van der Waals surface area contributed by atoms with Gasteiger partial charge >= 0.3 is 87.9 Å². The normalized spacial score (nSPS) is 8.67. The first-order valence-electron chi connectivity index (χ1n) is 2.63. The maximum absolute atomic E-state index is 2.55. The molecule has 0 heterocycles. The van der Waals surface area contributed by atoms with E-state index in [1.807, 2.05) is 0 Å². The molecule has 0 aliphatic heterocycles. The molecule has 0 bridgehead atoms. The summed E-state index contributed by atoms with van der Waals surface area (Å²) in [5.41, 5.74) is 0. The Labute approximate surface area is 86.7 Å². The summed E-state index contributed by atoms with van der Waals surface area (Å²) in [5.74, 6) is 0. The molecule has 0 unspecified atom stereocenters. The first-order valence-corrected chi connectivity index (χ1v) is 14.2. The van der Waals surface area contributed by atoms with Gasteiger partial charge in [0.15, 0.2) is 0 Å². The molecule has 0 aromatic heterocycles. The summed E-state index contributed by atoms with van der Waals surface area (Å²) in [6.07, 6.45) is 0. The summed E-state index contributed by atoms with van der Waals surface area (Å²) in [6, 6.07) is 8.85. The summed E-state index contributed by atoms with van der Waals surface area (Å²) >= 11 is 4.55. The molecular weight excluding hydrogens is 391 g/mol. The van der Waals surface area contributed by atoms with Gasteiger partial charge in [0.2, 0.25) is 0 Å². The summed E-state index contributed by atoms with van der Waals surface area (Å²) in [6.45, 7) is 0. The average Bonchev–Trinajstić information content (AvgIpc) is 1.90. The van der Waals surface area contributed by atoms with E-state index in [0.717, 1.165) is 0 Å². The minimum atomic E-state index is -0.330. The average molecular weight is 395 g/mol. The van der Waals surface area contributed by atoms with Crippen LogP contribution in [-0.2, 0) is 13.6 Å². The van der Waals surface area contributed by atoms with Gasteiger partial charge in [-0.2, -0.15) is 0 Å². The van der Waals surface area contributed by atoms with Crippen molar-refractivity contribution in [2.24, 2.45) is 0 Å². The molecule has 0 aliphatic rings. The number of rotatable bonds is 1. The van der Waals surface area contributed by atoms with Crippen molar-refractivity contribution in [3.05, 3.63) is 27.8 Å². The number of benzene rings is 1.